The molecule has 0 spiro atoms. The highest BCUT2D eigenvalue weighted by atomic mass is 32.2. The van der Waals surface area contributed by atoms with Gasteiger partial charge in [-0.3, -0.25) is 9.59 Å². The standard InChI is InChI=1S/C22H19N3O4S/c1-14-11-20-23-16(12-21(26)25(20)29-14)13-30-17-9-7-15(8-10-17)24-22(27)18-5-3-4-6-19(18)28-2/h3-12H,13H2,1-2H3,(H,24,27). The monoisotopic (exact) mass is 421 g/mol. The number of nitrogens with one attached hydrogen (secondary N) is 1. The Balaban J connectivity index is 1.41. The largest absolute Gasteiger partial charge is 0.496 e. The molecule has 0 unspecified atom stereocenters. The first kappa shape index (κ1) is 19.8. The van der Waals surface area contributed by atoms with Crippen molar-refractivity contribution in [1.82, 2.24) is 9.56 Å². The molecular formula is C22H19N3O4S. The molecule has 0 aliphatic heterocycles. The van der Waals surface area contributed by atoms with Crippen molar-refractivity contribution in [2.24, 2.45) is 0 Å². The number of methoxy groups -OCH3 is 1. The average Bonchev–Trinajstić information content (AvgIpc) is 3.14. The van der Waals surface area contributed by atoms with Gasteiger partial charge >= 0.3 is 0 Å². The van der Waals surface area contributed by atoms with Gasteiger partial charge in [-0.15, -0.1) is 16.3 Å². The smallest absolute Gasteiger partial charge is 0.287 e. The van der Waals surface area contributed by atoms with E-state index in [1.54, 1.807) is 43.0 Å². The van der Waals surface area contributed by atoms with E-state index in [4.69, 9.17) is 9.26 Å². The molecule has 152 valence electrons. The van der Waals surface area contributed by atoms with E-state index in [1.165, 1.54) is 17.7 Å². The summed E-state index contributed by atoms with van der Waals surface area (Å²) in [5, 5.41) is 2.87. The Hall–Kier alpha value is -3.52. The lowest BCUT2D eigenvalue weighted by Gasteiger charge is -2.09. The summed E-state index contributed by atoms with van der Waals surface area (Å²) in [5.74, 6) is 1.47. The molecule has 1 amide bonds. The maximum absolute atomic E-state index is 12.5. The number of hydrogen-bond acceptors (Lipinski definition) is 6. The van der Waals surface area contributed by atoms with Gasteiger partial charge in [-0.1, -0.05) is 12.1 Å². The number of thioether (sulfide) groups is 1. The summed E-state index contributed by atoms with van der Waals surface area (Å²) in [6.07, 6.45) is 0. The zero-order valence-electron chi connectivity index (χ0n) is 16.4. The predicted octanol–water partition coefficient (Wildman–Crippen LogP) is 4.15. The molecule has 30 heavy (non-hydrogen) atoms. The molecule has 0 saturated heterocycles. The van der Waals surface area contributed by atoms with Gasteiger partial charge in [0.05, 0.1) is 18.4 Å². The van der Waals surface area contributed by atoms with Crippen molar-refractivity contribution in [3.05, 3.63) is 88.0 Å². The van der Waals surface area contributed by atoms with Gasteiger partial charge in [0.15, 0.2) is 5.65 Å². The molecule has 7 nitrogen and oxygen atoms in total. The average molecular weight is 421 g/mol. The SMILES string of the molecule is COc1ccccc1C(=O)Nc1ccc(SCc2cc(=O)n3oc(C)cc3n2)cc1. The van der Waals surface area contributed by atoms with E-state index in [9.17, 15) is 9.59 Å². The lowest BCUT2D eigenvalue weighted by molar-refractivity contribution is 0.102. The quantitative estimate of drug-likeness (QED) is 0.471. The van der Waals surface area contributed by atoms with E-state index < -0.39 is 0 Å². The summed E-state index contributed by atoms with van der Waals surface area (Å²) in [5.41, 5.74) is 2.10. The number of carbonyl (C=O) groups is 1. The Bertz CT molecular complexity index is 1260. The van der Waals surface area contributed by atoms with Crippen molar-refractivity contribution < 1.29 is 14.1 Å². The van der Waals surface area contributed by atoms with Crippen LogP contribution < -0.4 is 15.6 Å². The molecule has 2 aromatic carbocycles. The number of carbonyl (C=O) groups excluding carboxylic acids is 1. The second kappa shape index (κ2) is 8.46. The van der Waals surface area contributed by atoms with Gasteiger partial charge < -0.3 is 14.6 Å². The fraction of sp³-hybridized carbons (Fsp3) is 0.136. The van der Waals surface area contributed by atoms with Crippen molar-refractivity contribution in [1.29, 1.82) is 0 Å². The molecule has 0 bridgehead atoms. The van der Waals surface area contributed by atoms with Gasteiger partial charge in [-0.05, 0) is 43.3 Å². The number of ether oxygens (including phenoxy) is 1. The maximum Gasteiger partial charge on any atom is 0.287 e. The zero-order valence-corrected chi connectivity index (χ0v) is 17.2. The summed E-state index contributed by atoms with van der Waals surface area (Å²) in [6.45, 7) is 1.77. The first-order valence-electron chi connectivity index (χ1n) is 9.20. The number of fused-ring (bicyclic) bond motifs is 1. The molecule has 0 radical (unpaired) electrons. The number of hydrogen-bond donors (Lipinski definition) is 1. The number of para-hydroxylation sites is 1. The fourth-order valence-corrected chi connectivity index (χ4v) is 3.76. The molecule has 8 heteroatoms. The van der Waals surface area contributed by atoms with Crippen LogP contribution in [0.5, 0.6) is 5.75 Å². The predicted molar refractivity (Wildman–Crippen MR) is 115 cm³/mol. The number of aryl methyl sites for hydroxylation is 1. The Labute approximate surface area is 176 Å². The van der Waals surface area contributed by atoms with Crippen LogP contribution in [0.1, 0.15) is 21.8 Å². The zero-order chi connectivity index (χ0) is 21.1. The highest BCUT2D eigenvalue weighted by Gasteiger charge is 2.12. The van der Waals surface area contributed by atoms with Crippen molar-refractivity contribution >= 4 is 29.0 Å². The molecule has 0 aliphatic carbocycles. The lowest BCUT2D eigenvalue weighted by atomic mass is 10.2. The molecule has 4 aromatic rings. The summed E-state index contributed by atoms with van der Waals surface area (Å²) in [6, 6.07) is 17.8. The van der Waals surface area contributed by atoms with Crippen LogP contribution in [0.15, 0.2) is 74.9 Å². The minimum Gasteiger partial charge on any atom is -0.496 e. The lowest BCUT2D eigenvalue weighted by Crippen LogP contribution is -2.13. The Morgan fingerprint density at radius 1 is 1.17 bits per heavy atom. The third-order valence-electron chi connectivity index (χ3n) is 4.37. The van der Waals surface area contributed by atoms with Crippen LogP contribution in [0, 0.1) is 6.92 Å². The van der Waals surface area contributed by atoms with Gasteiger partial charge in [0.2, 0.25) is 0 Å². The molecule has 0 fully saturated rings. The number of benzene rings is 2. The van der Waals surface area contributed by atoms with Crippen molar-refractivity contribution in [3.8, 4) is 5.75 Å². The Morgan fingerprint density at radius 2 is 1.93 bits per heavy atom. The van der Waals surface area contributed by atoms with E-state index in [0.29, 0.717) is 39.9 Å². The minimum absolute atomic E-state index is 0.235. The number of amides is 1. The third kappa shape index (κ3) is 4.23. The summed E-state index contributed by atoms with van der Waals surface area (Å²) >= 11 is 1.55. The topological polar surface area (TPSA) is 85.8 Å². The normalized spacial score (nSPS) is 10.9. The highest BCUT2D eigenvalue weighted by Crippen LogP contribution is 2.25. The summed E-state index contributed by atoms with van der Waals surface area (Å²) in [4.78, 5) is 30.0. The highest BCUT2D eigenvalue weighted by molar-refractivity contribution is 7.98. The second-order valence-electron chi connectivity index (χ2n) is 6.55. The number of aromatic nitrogens is 2. The molecule has 0 saturated carbocycles. The number of rotatable bonds is 6. The summed E-state index contributed by atoms with van der Waals surface area (Å²) in [7, 11) is 1.53. The van der Waals surface area contributed by atoms with Crippen LogP contribution in [0.25, 0.3) is 5.65 Å². The van der Waals surface area contributed by atoms with E-state index in [2.05, 4.69) is 10.3 Å². The van der Waals surface area contributed by atoms with Crippen LogP contribution >= 0.6 is 11.8 Å². The van der Waals surface area contributed by atoms with E-state index in [1.807, 2.05) is 30.3 Å². The molecule has 1 N–H and O–H groups in total. The third-order valence-corrected chi connectivity index (χ3v) is 5.42. The van der Waals surface area contributed by atoms with E-state index in [-0.39, 0.29) is 11.5 Å². The van der Waals surface area contributed by atoms with Crippen molar-refractivity contribution in [2.45, 2.75) is 17.6 Å². The maximum atomic E-state index is 12.5. The second-order valence-corrected chi connectivity index (χ2v) is 7.60. The van der Waals surface area contributed by atoms with Crippen LogP contribution in [-0.2, 0) is 5.75 Å². The molecule has 2 aromatic heterocycles. The molecule has 2 heterocycles. The number of nitrogens with zero attached hydrogens (tertiary/aromatic N) is 2. The van der Waals surface area contributed by atoms with Gasteiger partial charge in [0.25, 0.3) is 11.5 Å². The van der Waals surface area contributed by atoms with Crippen LogP contribution in [0.3, 0.4) is 0 Å². The van der Waals surface area contributed by atoms with Crippen molar-refractivity contribution in [3.63, 3.8) is 0 Å². The first-order valence-corrected chi connectivity index (χ1v) is 10.2. The molecule has 4 rings (SSSR count). The van der Waals surface area contributed by atoms with Gasteiger partial charge in [-0.25, -0.2) is 4.98 Å². The fourth-order valence-electron chi connectivity index (χ4n) is 2.97. The van der Waals surface area contributed by atoms with Gasteiger partial charge in [0.1, 0.15) is 11.5 Å². The minimum atomic E-state index is -0.238. The van der Waals surface area contributed by atoms with E-state index in [0.717, 1.165) is 4.90 Å². The van der Waals surface area contributed by atoms with Crippen LogP contribution in [0.4, 0.5) is 5.69 Å². The summed E-state index contributed by atoms with van der Waals surface area (Å²) < 4.78 is 11.7. The Morgan fingerprint density at radius 3 is 2.70 bits per heavy atom. The number of anilines is 1. The van der Waals surface area contributed by atoms with Crippen LogP contribution in [0.2, 0.25) is 0 Å². The van der Waals surface area contributed by atoms with Crippen molar-refractivity contribution in [2.75, 3.05) is 12.4 Å². The van der Waals surface area contributed by atoms with Gasteiger partial charge in [-0.2, -0.15) is 0 Å². The first-order chi connectivity index (χ1) is 14.5. The molecule has 0 aliphatic rings. The van der Waals surface area contributed by atoms with Gasteiger partial charge in [0, 0.05) is 28.5 Å². The van der Waals surface area contributed by atoms with Crippen LogP contribution in [-0.4, -0.2) is 22.6 Å². The molecular weight excluding hydrogens is 402 g/mol. The van der Waals surface area contributed by atoms with E-state index >= 15 is 0 Å². The molecule has 0 atom stereocenters. The Kier molecular flexibility index (Phi) is 5.58.